The summed E-state index contributed by atoms with van der Waals surface area (Å²) in [6.07, 6.45) is 0. The van der Waals surface area contributed by atoms with Crippen LogP contribution in [0.25, 0.3) is 0 Å². The van der Waals surface area contributed by atoms with Crippen LogP contribution in [0.1, 0.15) is 29.7 Å². The highest BCUT2D eigenvalue weighted by atomic mass is 35.5. The van der Waals surface area contributed by atoms with Gasteiger partial charge in [-0.1, -0.05) is 41.9 Å². The molecule has 1 atom stereocenters. The monoisotopic (exact) mass is 275 g/mol. The Morgan fingerprint density at radius 3 is 2.47 bits per heavy atom. The number of para-hydroxylation sites is 1. The molecule has 1 unspecified atom stereocenters. The summed E-state index contributed by atoms with van der Waals surface area (Å²) in [5.41, 5.74) is 9.20. The summed E-state index contributed by atoms with van der Waals surface area (Å²) in [5, 5.41) is 0.732. The first-order valence-electron chi connectivity index (χ1n) is 6.30. The molecule has 3 heteroatoms. The van der Waals surface area contributed by atoms with Gasteiger partial charge in [0.2, 0.25) is 0 Å². The van der Waals surface area contributed by atoms with E-state index in [0.29, 0.717) is 6.61 Å². The summed E-state index contributed by atoms with van der Waals surface area (Å²) in [6.45, 7) is 4.51. The van der Waals surface area contributed by atoms with E-state index in [1.807, 2.05) is 56.3 Å². The molecule has 0 aliphatic rings. The van der Waals surface area contributed by atoms with Crippen LogP contribution in [-0.4, -0.2) is 0 Å². The van der Waals surface area contributed by atoms with Crippen molar-refractivity contribution in [2.45, 2.75) is 26.5 Å². The van der Waals surface area contributed by atoms with Gasteiger partial charge in [-0.05, 0) is 37.1 Å². The first-order chi connectivity index (χ1) is 9.08. The summed E-state index contributed by atoms with van der Waals surface area (Å²) in [6, 6.07) is 13.7. The Morgan fingerprint density at radius 1 is 1.16 bits per heavy atom. The maximum Gasteiger partial charge on any atom is 0.127 e. The molecule has 0 radical (unpaired) electrons. The van der Waals surface area contributed by atoms with Gasteiger partial charge in [0.15, 0.2) is 0 Å². The number of ether oxygens (including phenoxy) is 1. The molecule has 0 saturated carbocycles. The number of benzene rings is 2. The molecule has 0 spiro atoms. The zero-order valence-electron chi connectivity index (χ0n) is 11.2. The molecule has 0 heterocycles. The van der Waals surface area contributed by atoms with Crippen LogP contribution in [0, 0.1) is 6.92 Å². The molecule has 0 aliphatic heterocycles. The lowest BCUT2D eigenvalue weighted by Gasteiger charge is -2.16. The third-order valence-electron chi connectivity index (χ3n) is 3.03. The number of halogens is 1. The van der Waals surface area contributed by atoms with E-state index in [9.17, 15) is 0 Å². The predicted molar refractivity (Wildman–Crippen MR) is 79.6 cm³/mol. The normalized spacial score (nSPS) is 12.2. The van der Waals surface area contributed by atoms with Crippen LogP contribution in [0.2, 0.25) is 5.02 Å². The average molecular weight is 276 g/mol. The number of hydrogen-bond acceptors (Lipinski definition) is 2. The maximum absolute atomic E-state index is 5.97. The molecule has 2 aromatic carbocycles. The van der Waals surface area contributed by atoms with Gasteiger partial charge in [0, 0.05) is 16.6 Å². The molecule has 0 fully saturated rings. The molecule has 2 nitrogen and oxygen atoms in total. The fourth-order valence-electron chi connectivity index (χ4n) is 1.97. The fraction of sp³-hybridized carbons (Fsp3) is 0.250. The van der Waals surface area contributed by atoms with E-state index in [-0.39, 0.29) is 6.04 Å². The Balaban J connectivity index is 2.17. The van der Waals surface area contributed by atoms with E-state index in [1.54, 1.807) is 0 Å². The van der Waals surface area contributed by atoms with Crippen molar-refractivity contribution in [3.8, 4) is 5.75 Å². The lowest BCUT2D eigenvalue weighted by molar-refractivity contribution is 0.299. The van der Waals surface area contributed by atoms with Crippen LogP contribution in [0.4, 0.5) is 0 Å². The predicted octanol–water partition coefficient (Wildman–Crippen LogP) is 4.25. The van der Waals surface area contributed by atoms with Crippen molar-refractivity contribution in [2.75, 3.05) is 0 Å². The minimum Gasteiger partial charge on any atom is -0.488 e. The van der Waals surface area contributed by atoms with Crippen LogP contribution in [0.3, 0.4) is 0 Å². The first kappa shape index (κ1) is 13.9. The standard InChI is InChI=1S/C16H18ClNO/c1-11-4-3-5-15(12(2)18)16(11)19-10-13-6-8-14(17)9-7-13/h3-9,12H,10,18H2,1-2H3. The van der Waals surface area contributed by atoms with E-state index < -0.39 is 0 Å². The van der Waals surface area contributed by atoms with Crippen molar-refractivity contribution in [3.05, 3.63) is 64.2 Å². The SMILES string of the molecule is Cc1cccc(C(C)N)c1OCc1ccc(Cl)cc1. The second-order valence-electron chi connectivity index (χ2n) is 4.70. The minimum absolute atomic E-state index is 0.0416. The molecule has 2 rings (SSSR count). The molecule has 0 aromatic heterocycles. The molecule has 0 amide bonds. The highest BCUT2D eigenvalue weighted by Crippen LogP contribution is 2.28. The third-order valence-corrected chi connectivity index (χ3v) is 3.28. The molecule has 0 saturated heterocycles. The highest BCUT2D eigenvalue weighted by Gasteiger charge is 2.10. The molecular formula is C16H18ClNO. The molecule has 0 bridgehead atoms. The van der Waals surface area contributed by atoms with E-state index in [1.165, 1.54) is 0 Å². The molecule has 2 aromatic rings. The Morgan fingerprint density at radius 2 is 1.84 bits per heavy atom. The van der Waals surface area contributed by atoms with E-state index in [2.05, 4.69) is 0 Å². The summed E-state index contributed by atoms with van der Waals surface area (Å²) in [7, 11) is 0. The maximum atomic E-state index is 5.97. The molecule has 19 heavy (non-hydrogen) atoms. The molecule has 2 N–H and O–H groups in total. The van der Waals surface area contributed by atoms with Crippen LogP contribution in [0.5, 0.6) is 5.75 Å². The van der Waals surface area contributed by atoms with Crippen molar-refractivity contribution in [2.24, 2.45) is 5.73 Å². The second kappa shape index (κ2) is 6.09. The van der Waals surface area contributed by atoms with Gasteiger partial charge < -0.3 is 10.5 Å². The first-order valence-corrected chi connectivity index (χ1v) is 6.68. The van der Waals surface area contributed by atoms with Crippen molar-refractivity contribution in [1.82, 2.24) is 0 Å². The zero-order valence-corrected chi connectivity index (χ0v) is 11.9. The van der Waals surface area contributed by atoms with Crippen molar-refractivity contribution in [3.63, 3.8) is 0 Å². The third kappa shape index (κ3) is 3.49. The summed E-state index contributed by atoms with van der Waals surface area (Å²) in [4.78, 5) is 0. The Kier molecular flexibility index (Phi) is 4.46. The van der Waals surface area contributed by atoms with Crippen molar-refractivity contribution < 1.29 is 4.74 Å². The lowest BCUT2D eigenvalue weighted by atomic mass is 10.0. The molecule has 0 aliphatic carbocycles. The number of rotatable bonds is 4. The van der Waals surface area contributed by atoms with Crippen LogP contribution >= 0.6 is 11.6 Å². The topological polar surface area (TPSA) is 35.2 Å². The highest BCUT2D eigenvalue weighted by molar-refractivity contribution is 6.30. The van der Waals surface area contributed by atoms with Gasteiger partial charge >= 0.3 is 0 Å². The van der Waals surface area contributed by atoms with Crippen LogP contribution in [-0.2, 0) is 6.61 Å². The van der Waals surface area contributed by atoms with Crippen LogP contribution < -0.4 is 10.5 Å². The summed E-state index contributed by atoms with van der Waals surface area (Å²) < 4.78 is 5.93. The van der Waals surface area contributed by atoms with Gasteiger partial charge in [-0.15, -0.1) is 0 Å². The van der Waals surface area contributed by atoms with Gasteiger partial charge in [0.05, 0.1) is 0 Å². The quantitative estimate of drug-likeness (QED) is 0.905. The number of hydrogen-bond donors (Lipinski definition) is 1. The molecular weight excluding hydrogens is 258 g/mol. The Bertz CT molecular complexity index is 549. The summed E-state index contributed by atoms with van der Waals surface area (Å²) in [5.74, 6) is 0.882. The van der Waals surface area contributed by atoms with E-state index >= 15 is 0 Å². The Hall–Kier alpha value is -1.51. The van der Waals surface area contributed by atoms with Crippen molar-refractivity contribution >= 4 is 11.6 Å². The van der Waals surface area contributed by atoms with E-state index in [0.717, 1.165) is 27.5 Å². The van der Waals surface area contributed by atoms with Gasteiger partial charge in [-0.2, -0.15) is 0 Å². The van der Waals surface area contributed by atoms with Gasteiger partial charge in [-0.25, -0.2) is 0 Å². The van der Waals surface area contributed by atoms with Crippen molar-refractivity contribution in [1.29, 1.82) is 0 Å². The number of aryl methyl sites for hydroxylation is 1. The molecule has 100 valence electrons. The largest absolute Gasteiger partial charge is 0.488 e. The van der Waals surface area contributed by atoms with Gasteiger partial charge in [0.1, 0.15) is 12.4 Å². The smallest absolute Gasteiger partial charge is 0.127 e. The van der Waals surface area contributed by atoms with E-state index in [4.69, 9.17) is 22.1 Å². The lowest BCUT2D eigenvalue weighted by Crippen LogP contribution is -2.09. The zero-order chi connectivity index (χ0) is 13.8. The minimum atomic E-state index is -0.0416. The van der Waals surface area contributed by atoms with Gasteiger partial charge in [-0.3, -0.25) is 0 Å². The Labute approximate surface area is 119 Å². The second-order valence-corrected chi connectivity index (χ2v) is 5.13. The average Bonchev–Trinajstić information content (AvgIpc) is 2.39. The summed E-state index contributed by atoms with van der Waals surface area (Å²) >= 11 is 5.86. The fourth-order valence-corrected chi connectivity index (χ4v) is 2.09. The van der Waals surface area contributed by atoms with Crippen LogP contribution in [0.15, 0.2) is 42.5 Å². The number of nitrogens with two attached hydrogens (primary N) is 1. The van der Waals surface area contributed by atoms with Gasteiger partial charge in [0.25, 0.3) is 0 Å².